The molecule has 0 saturated heterocycles. The smallest absolute Gasteiger partial charge is 0.221 e. The van der Waals surface area contributed by atoms with Crippen molar-refractivity contribution in [2.75, 3.05) is 5.32 Å². The molecule has 1 rings (SSSR count). The summed E-state index contributed by atoms with van der Waals surface area (Å²) >= 11 is 4.54. The van der Waals surface area contributed by atoms with Gasteiger partial charge in [-0.15, -0.1) is 0 Å². The number of amides is 1. The molecule has 0 unspecified atom stereocenters. The van der Waals surface area contributed by atoms with Crippen molar-refractivity contribution in [3.05, 3.63) is 29.6 Å². The van der Waals surface area contributed by atoms with Gasteiger partial charge in [0.1, 0.15) is 5.82 Å². The third-order valence-corrected chi connectivity index (χ3v) is 1.78. The van der Waals surface area contributed by atoms with E-state index in [0.717, 1.165) is 0 Å². The van der Waals surface area contributed by atoms with Crippen LogP contribution in [-0.4, -0.2) is 17.2 Å². The zero-order chi connectivity index (χ0) is 12.8. The largest absolute Gasteiger partial charge is 0.375 e. The summed E-state index contributed by atoms with van der Waals surface area (Å²) in [6.07, 6.45) is 1.36. The SMILES string of the molecule is CC(=O)Nc1ccc(/C=N/NC(N)=S)cc1F. The molecule has 0 atom stereocenters. The number of halogens is 1. The average Bonchev–Trinajstić information content (AvgIpc) is 2.21. The molecule has 0 fully saturated rings. The molecule has 0 bridgehead atoms. The maximum Gasteiger partial charge on any atom is 0.221 e. The van der Waals surface area contributed by atoms with Crippen LogP contribution in [0.15, 0.2) is 23.3 Å². The van der Waals surface area contributed by atoms with E-state index in [2.05, 4.69) is 28.1 Å². The fourth-order valence-electron chi connectivity index (χ4n) is 1.07. The van der Waals surface area contributed by atoms with Crippen LogP contribution in [0, 0.1) is 5.82 Å². The highest BCUT2D eigenvalue weighted by atomic mass is 32.1. The van der Waals surface area contributed by atoms with E-state index < -0.39 is 5.82 Å². The van der Waals surface area contributed by atoms with E-state index in [1.54, 1.807) is 6.07 Å². The summed E-state index contributed by atoms with van der Waals surface area (Å²) in [5.74, 6) is -0.875. The highest BCUT2D eigenvalue weighted by molar-refractivity contribution is 7.80. The summed E-state index contributed by atoms with van der Waals surface area (Å²) in [4.78, 5) is 10.8. The summed E-state index contributed by atoms with van der Waals surface area (Å²) in [5, 5.41) is 6.06. The van der Waals surface area contributed by atoms with E-state index in [-0.39, 0.29) is 16.7 Å². The molecule has 0 aliphatic rings. The van der Waals surface area contributed by atoms with Gasteiger partial charge in [-0.05, 0) is 29.9 Å². The Morgan fingerprint density at radius 2 is 2.29 bits per heavy atom. The van der Waals surface area contributed by atoms with E-state index in [1.165, 1.54) is 25.3 Å². The predicted molar refractivity (Wildman–Crippen MR) is 68.2 cm³/mol. The molecule has 1 amide bonds. The van der Waals surface area contributed by atoms with Crippen LogP contribution in [0.2, 0.25) is 0 Å². The molecule has 1 aromatic carbocycles. The van der Waals surface area contributed by atoms with Gasteiger partial charge in [-0.1, -0.05) is 6.07 Å². The lowest BCUT2D eigenvalue weighted by Gasteiger charge is -2.04. The van der Waals surface area contributed by atoms with Crippen LogP contribution in [-0.2, 0) is 4.79 Å². The maximum absolute atomic E-state index is 13.4. The Balaban J connectivity index is 2.78. The molecule has 0 aliphatic heterocycles. The third kappa shape index (κ3) is 4.56. The predicted octanol–water partition coefficient (Wildman–Crippen LogP) is 0.951. The molecule has 17 heavy (non-hydrogen) atoms. The number of rotatable bonds is 3. The number of hydrazone groups is 1. The number of carbonyl (C=O) groups excluding carboxylic acids is 1. The van der Waals surface area contributed by atoms with Gasteiger partial charge in [-0.25, -0.2) is 4.39 Å². The van der Waals surface area contributed by atoms with Crippen LogP contribution in [0.25, 0.3) is 0 Å². The topological polar surface area (TPSA) is 79.5 Å². The number of nitrogens with zero attached hydrogens (tertiary/aromatic N) is 1. The Labute approximate surface area is 103 Å². The fraction of sp³-hybridized carbons (Fsp3) is 0.100. The minimum absolute atomic E-state index is 0.0246. The molecule has 0 radical (unpaired) electrons. The molecule has 90 valence electrons. The van der Waals surface area contributed by atoms with Gasteiger partial charge >= 0.3 is 0 Å². The van der Waals surface area contributed by atoms with Gasteiger partial charge in [-0.3, -0.25) is 10.2 Å². The number of hydrogen-bond acceptors (Lipinski definition) is 3. The number of nitrogens with one attached hydrogen (secondary N) is 2. The minimum atomic E-state index is -0.542. The van der Waals surface area contributed by atoms with Crippen molar-refractivity contribution in [2.45, 2.75) is 6.92 Å². The van der Waals surface area contributed by atoms with Crippen LogP contribution >= 0.6 is 12.2 Å². The van der Waals surface area contributed by atoms with Gasteiger partial charge in [0.2, 0.25) is 5.91 Å². The highest BCUT2D eigenvalue weighted by Gasteiger charge is 2.03. The maximum atomic E-state index is 13.4. The van der Waals surface area contributed by atoms with E-state index in [1.807, 2.05) is 0 Å². The standard InChI is InChI=1S/C10H11FN4OS/c1-6(16)14-9-3-2-7(4-8(9)11)5-13-15-10(12)17/h2-5H,1H3,(H,14,16)(H3,12,15,17)/b13-5+. The zero-order valence-corrected chi connectivity index (χ0v) is 9.84. The molecule has 7 heteroatoms. The van der Waals surface area contributed by atoms with Gasteiger partial charge in [0.05, 0.1) is 11.9 Å². The van der Waals surface area contributed by atoms with E-state index >= 15 is 0 Å². The highest BCUT2D eigenvalue weighted by Crippen LogP contribution is 2.14. The molecular weight excluding hydrogens is 243 g/mol. The van der Waals surface area contributed by atoms with Crippen molar-refractivity contribution < 1.29 is 9.18 Å². The first kappa shape index (κ1) is 13.0. The van der Waals surface area contributed by atoms with Crippen molar-refractivity contribution in [2.24, 2.45) is 10.8 Å². The van der Waals surface area contributed by atoms with E-state index in [0.29, 0.717) is 5.56 Å². The normalized spacial score (nSPS) is 10.2. The molecule has 0 saturated carbocycles. The Morgan fingerprint density at radius 1 is 1.59 bits per heavy atom. The Bertz CT molecular complexity index is 475. The summed E-state index contributed by atoms with van der Waals surface area (Å²) < 4.78 is 13.4. The zero-order valence-electron chi connectivity index (χ0n) is 9.03. The van der Waals surface area contributed by atoms with Gasteiger partial charge < -0.3 is 11.1 Å². The van der Waals surface area contributed by atoms with Crippen LogP contribution < -0.4 is 16.5 Å². The van der Waals surface area contributed by atoms with Crippen molar-refractivity contribution >= 4 is 35.1 Å². The van der Waals surface area contributed by atoms with Crippen molar-refractivity contribution in [1.82, 2.24) is 5.43 Å². The van der Waals surface area contributed by atoms with Gasteiger partial charge in [-0.2, -0.15) is 5.10 Å². The van der Waals surface area contributed by atoms with Gasteiger partial charge in [0.15, 0.2) is 5.11 Å². The van der Waals surface area contributed by atoms with Crippen molar-refractivity contribution in [3.8, 4) is 0 Å². The lowest BCUT2D eigenvalue weighted by Crippen LogP contribution is -2.24. The number of benzene rings is 1. The molecule has 5 nitrogen and oxygen atoms in total. The first-order valence-electron chi connectivity index (χ1n) is 4.64. The van der Waals surface area contributed by atoms with Crippen molar-refractivity contribution in [3.63, 3.8) is 0 Å². The van der Waals surface area contributed by atoms with Crippen LogP contribution in [0.1, 0.15) is 12.5 Å². The van der Waals surface area contributed by atoms with Gasteiger partial charge in [0.25, 0.3) is 0 Å². The van der Waals surface area contributed by atoms with Crippen LogP contribution in [0.4, 0.5) is 10.1 Å². The van der Waals surface area contributed by atoms with Crippen LogP contribution in [0.5, 0.6) is 0 Å². The quantitative estimate of drug-likeness (QED) is 0.426. The monoisotopic (exact) mass is 254 g/mol. The average molecular weight is 254 g/mol. The Morgan fingerprint density at radius 3 is 2.82 bits per heavy atom. The molecule has 0 aromatic heterocycles. The second-order valence-corrected chi connectivity index (χ2v) is 3.59. The Hall–Kier alpha value is -2.02. The van der Waals surface area contributed by atoms with Crippen LogP contribution in [0.3, 0.4) is 0 Å². The first-order chi connectivity index (χ1) is 7.99. The van der Waals surface area contributed by atoms with Crippen molar-refractivity contribution in [1.29, 1.82) is 0 Å². The lowest BCUT2D eigenvalue weighted by atomic mass is 10.2. The second kappa shape index (κ2) is 5.90. The molecule has 0 aliphatic carbocycles. The molecular formula is C10H11FN4OS. The molecule has 4 N–H and O–H groups in total. The molecule has 0 heterocycles. The van der Waals surface area contributed by atoms with E-state index in [9.17, 15) is 9.18 Å². The second-order valence-electron chi connectivity index (χ2n) is 3.15. The van der Waals surface area contributed by atoms with E-state index in [4.69, 9.17) is 5.73 Å². The summed E-state index contributed by atoms with van der Waals surface area (Å²) in [6.45, 7) is 1.31. The Kier molecular flexibility index (Phi) is 4.53. The summed E-state index contributed by atoms with van der Waals surface area (Å²) in [6, 6.07) is 4.27. The number of nitrogens with two attached hydrogens (primary N) is 1. The number of hydrogen-bond donors (Lipinski definition) is 3. The number of carbonyl (C=O) groups is 1. The summed E-state index contributed by atoms with van der Waals surface area (Å²) in [7, 11) is 0. The number of anilines is 1. The number of thiocarbonyl (C=S) groups is 1. The molecule has 1 aromatic rings. The van der Waals surface area contributed by atoms with Gasteiger partial charge in [0, 0.05) is 6.92 Å². The first-order valence-corrected chi connectivity index (χ1v) is 5.05. The minimum Gasteiger partial charge on any atom is -0.375 e. The lowest BCUT2D eigenvalue weighted by molar-refractivity contribution is -0.114. The third-order valence-electron chi connectivity index (χ3n) is 1.69. The molecule has 0 spiro atoms. The summed E-state index contributed by atoms with van der Waals surface area (Å²) in [5.41, 5.74) is 8.13. The fourth-order valence-corrected chi connectivity index (χ4v) is 1.13.